The summed E-state index contributed by atoms with van der Waals surface area (Å²) in [5, 5.41) is 9.44. The Bertz CT molecular complexity index is 665. The molecule has 0 saturated heterocycles. The van der Waals surface area contributed by atoms with E-state index in [9.17, 15) is 9.90 Å². The lowest BCUT2D eigenvalue weighted by Gasteiger charge is -2.28. The zero-order valence-corrected chi connectivity index (χ0v) is 13.5. The summed E-state index contributed by atoms with van der Waals surface area (Å²) in [6.45, 7) is 11.7. The molecule has 0 spiro atoms. The highest BCUT2D eigenvalue weighted by atomic mass is 16.4. The van der Waals surface area contributed by atoms with Crippen LogP contribution in [0.1, 0.15) is 50.8 Å². The van der Waals surface area contributed by atoms with Gasteiger partial charge in [0.15, 0.2) is 0 Å². The molecular weight excluding hydrogens is 264 g/mol. The lowest BCUT2D eigenvalue weighted by Crippen LogP contribution is -2.23. The van der Waals surface area contributed by atoms with Crippen molar-refractivity contribution in [3.05, 3.63) is 29.6 Å². The van der Waals surface area contributed by atoms with E-state index in [2.05, 4.69) is 44.2 Å². The Kier molecular flexibility index (Phi) is 4.08. The van der Waals surface area contributed by atoms with Crippen LogP contribution in [-0.4, -0.2) is 20.6 Å². The molecule has 0 radical (unpaired) electrons. The molecule has 1 N–H and O–H groups in total. The highest BCUT2D eigenvalue weighted by Gasteiger charge is 2.24. The first-order valence-corrected chi connectivity index (χ1v) is 7.47. The molecule has 0 bridgehead atoms. The molecule has 0 saturated carbocycles. The van der Waals surface area contributed by atoms with E-state index in [-0.39, 0.29) is 5.41 Å². The van der Waals surface area contributed by atoms with Gasteiger partial charge in [0.2, 0.25) is 0 Å². The maximum atomic E-state index is 11.5. The minimum Gasteiger partial charge on any atom is -0.478 e. The highest BCUT2D eigenvalue weighted by Crippen LogP contribution is 2.30. The second-order valence-corrected chi connectivity index (χ2v) is 6.74. The fourth-order valence-corrected chi connectivity index (χ4v) is 2.42. The number of fused-ring (bicyclic) bond motifs is 1. The lowest BCUT2D eigenvalue weighted by atomic mass is 9.82. The maximum Gasteiger partial charge on any atom is 0.337 e. The summed E-state index contributed by atoms with van der Waals surface area (Å²) >= 11 is 0. The predicted molar refractivity (Wildman–Crippen MR) is 84.7 cm³/mol. The monoisotopic (exact) mass is 288 g/mol. The first-order chi connectivity index (χ1) is 9.75. The molecule has 1 atom stereocenters. The van der Waals surface area contributed by atoms with Gasteiger partial charge in [0.1, 0.15) is 5.82 Å². The zero-order valence-electron chi connectivity index (χ0n) is 13.5. The molecule has 114 valence electrons. The summed E-state index contributed by atoms with van der Waals surface area (Å²) in [6, 6.07) is 5.30. The van der Waals surface area contributed by atoms with Crippen LogP contribution < -0.4 is 0 Å². The van der Waals surface area contributed by atoms with Gasteiger partial charge in [0.05, 0.1) is 16.6 Å². The van der Waals surface area contributed by atoms with Gasteiger partial charge in [0.25, 0.3) is 0 Å². The van der Waals surface area contributed by atoms with Crippen molar-refractivity contribution in [3.8, 4) is 0 Å². The Hall–Kier alpha value is -1.84. The molecule has 1 aromatic carbocycles. The van der Waals surface area contributed by atoms with E-state index in [1.807, 2.05) is 6.07 Å². The number of hydrogen-bond acceptors (Lipinski definition) is 2. The SMILES string of the molecule is CCc1nc2cccc(C(=O)O)c2n1CC(C)C(C)(C)C. The van der Waals surface area contributed by atoms with Gasteiger partial charge in [-0.15, -0.1) is 0 Å². The van der Waals surface area contributed by atoms with Gasteiger partial charge in [-0.05, 0) is 23.5 Å². The summed E-state index contributed by atoms with van der Waals surface area (Å²) < 4.78 is 2.09. The van der Waals surface area contributed by atoms with Gasteiger partial charge in [0, 0.05) is 13.0 Å². The normalized spacial score (nSPS) is 13.6. The van der Waals surface area contributed by atoms with E-state index >= 15 is 0 Å². The van der Waals surface area contributed by atoms with E-state index in [1.54, 1.807) is 12.1 Å². The Morgan fingerprint density at radius 1 is 1.38 bits per heavy atom. The molecule has 0 aliphatic rings. The minimum absolute atomic E-state index is 0.166. The Balaban J connectivity index is 2.62. The van der Waals surface area contributed by atoms with Crippen molar-refractivity contribution >= 4 is 17.0 Å². The molecule has 21 heavy (non-hydrogen) atoms. The van der Waals surface area contributed by atoms with Crippen LogP contribution in [0, 0.1) is 11.3 Å². The molecule has 1 aromatic heterocycles. The third kappa shape index (κ3) is 2.94. The number of aryl methyl sites for hydroxylation is 1. The molecule has 4 nitrogen and oxygen atoms in total. The summed E-state index contributed by atoms with van der Waals surface area (Å²) in [5.41, 5.74) is 2.02. The number of para-hydroxylation sites is 1. The number of nitrogens with zero attached hydrogens (tertiary/aromatic N) is 2. The first kappa shape index (κ1) is 15.5. The van der Waals surface area contributed by atoms with Crippen LogP contribution in [0.2, 0.25) is 0 Å². The van der Waals surface area contributed by atoms with Crippen molar-refractivity contribution in [1.82, 2.24) is 9.55 Å². The molecule has 0 fully saturated rings. The zero-order chi connectivity index (χ0) is 15.8. The Morgan fingerprint density at radius 3 is 2.57 bits per heavy atom. The molecule has 0 aliphatic heterocycles. The first-order valence-electron chi connectivity index (χ1n) is 7.47. The summed E-state index contributed by atoms with van der Waals surface area (Å²) in [4.78, 5) is 16.1. The second-order valence-electron chi connectivity index (χ2n) is 6.74. The summed E-state index contributed by atoms with van der Waals surface area (Å²) in [5.74, 6) is 0.477. The fourth-order valence-electron chi connectivity index (χ4n) is 2.42. The highest BCUT2D eigenvalue weighted by molar-refractivity contribution is 6.01. The molecule has 0 amide bonds. The van der Waals surface area contributed by atoms with Crippen molar-refractivity contribution in [1.29, 1.82) is 0 Å². The van der Waals surface area contributed by atoms with Gasteiger partial charge < -0.3 is 9.67 Å². The van der Waals surface area contributed by atoms with Crippen LogP contribution in [0.4, 0.5) is 0 Å². The average Bonchev–Trinajstić information content (AvgIpc) is 2.75. The number of carboxylic acid groups (broad SMARTS) is 1. The van der Waals surface area contributed by atoms with E-state index in [1.165, 1.54) is 0 Å². The van der Waals surface area contributed by atoms with Crippen molar-refractivity contribution in [2.45, 2.75) is 47.6 Å². The Morgan fingerprint density at radius 2 is 2.05 bits per heavy atom. The van der Waals surface area contributed by atoms with E-state index in [0.29, 0.717) is 11.5 Å². The van der Waals surface area contributed by atoms with Gasteiger partial charge in [-0.2, -0.15) is 0 Å². The minimum atomic E-state index is -0.896. The molecular formula is C17H24N2O2. The molecule has 0 aliphatic carbocycles. The average molecular weight is 288 g/mol. The van der Waals surface area contributed by atoms with Gasteiger partial charge in [-0.25, -0.2) is 9.78 Å². The molecule has 2 aromatic rings. The molecule has 1 heterocycles. The number of aromatic carboxylic acids is 1. The standard InChI is InChI=1S/C17H24N2O2/c1-6-14-18-13-9-7-8-12(16(20)21)15(13)19(14)10-11(2)17(3,4)5/h7-9,11H,6,10H2,1-5H3,(H,20,21). The fraction of sp³-hybridized carbons (Fsp3) is 0.529. The predicted octanol–water partition coefficient (Wildman–Crippen LogP) is 3.98. The van der Waals surface area contributed by atoms with Crippen LogP contribution in [0.5, 0.6) is 0 Å². The number of rotatable bonds is 4. The maximum absolute atomic E-state index is 11.5. The lowest BCUT2D eigenvalue weighted by molar-refractivity contribution is 0.0698. The number of aromatic nitrogens is 2. The van der Waals surface area contributed by atoms with Gasteiger partial charge >= 0.3 is 5.97 Å². The second kappa shape index (κ2) is 5.51. The molecule has 2 rings (SSSR count). The number of hydrogen-bond donors (Lipinski definition) is 1. The van der Waals surface area contributed by atoms with E-state index < -0.39 is 5.97 Å². The van der Waals surface area contributed by atoms with Crippen LogP contribution in [-0.2, 0) is 13.0 Å². The van der Waals surface area contributed by atoms with E-state index in [4.69, 9.17) is 0 Å². The van der Waals surface area contributed by atoms with Crippen LogP contribution in [0.15, 0.2) is 18.2 Å². The van der Waals surface area contributed by atoms with Gasteiger partial charge in [-0.3, -0.25) is 0 Å². The van der Waals surface area contributed by atoms with Crippen LogP contribution in [0.3, 0.4) is 0 Å². The van der Waals surface area contributed by atoms with Gasteiger partial charge in [-0.1, -0.05) is 40.7 Å². The Labute approximate surface area is 125 Å². The third-order valence-electron chi connectivity index (χ3n) is 4.33. The van der Waals surface area contributed by atoms with Crippen LogP contribution >= 0.6 is 0 Å². The molecule has 1 unspecified atom stereocenters. The van der Waals surface area contributed by atoms with Crippen molar-refractivity contribution in [3.63, 3.8) is 0 Å². The number of carboxylic acids is 1. The third-order valence-corrected chi connectivity index (χ3v) is 4.33. The number of carbonyl (C=O) groups is 1. The quantitative estimate of drug-likeness (QED) is 0.925. The summed E-state index contributed by atoms with van der Waals surface area (Å²) in [6.07, 6.45) is 0.796. The number of benzene rings is 1. The largest absolute Gasteiger partial charge is 0.478 e. The topological polar surface area (TPSA) is 55.1 Å². The summed E-state index contributed by atoms with van der Waals surface area (Å²) in [7, 11) is 0. The van der Waals surface area contributed by atoms with E-state index in [0.717, 1.165) is 29.8 Å². The van der Waals surface area contributed by atoms with Crippen LogP contribution in [0.25, 0.3) is 11.0 Å². The van der Waals surface area contributed by atoms with Crippen molar-refractivity contribution < 1.29 is 9.90 Å². The van der Waals surface area contributed by atoms with Crippen molar-refractivity contribution in [2.75, 3.05) is 0 Å². The van der Waals surface area contributed by atoms with Crippen molar-refractivity contribution in [2.24, 2.45) is 11.3 Å². The number of imidazole rings is 1. The smallest absolute Gasteiger partial charge is 0.337 e. The molecule has 4 heteroatoms.